The topological polar surface area (TPSA) is 116 Å². The lowest BCUT2D eigenvalue weighted by molar-refractivity contribution is -0.385. The van der Waals surface area contributed by atoms with Crippen molar-refractivity contribution >= 4 is 22.4 Å². The number of anilines is 1. The van der Waals surface area contributed by atoms with Gasteiger partial charge in [-0.1, -0.05) is 24.3 Å². The number of rotatable bonds is 6. The molecule has 1 fully saturated rings. The van der Waals surface area contributed by atoms with E-state index in [1.165, 1.54) is 6.33 Å². The van der Waals surface area contributed by atoms with E-state index in [1.54, 1.807) is 6.07 Å². The lowest BCUT2D eigenvalue weighted by Gasteiger charge is -2.35. The predicted molar refractivity (Wildman–Crippen MR) is 135 cm³/mol. The van der Waals surface area contributed by atoms with E-state index in [0.29, 0.717) is 24.4 Å². The van der Waals surface area contributed by atoms with E-state index in [4.69, 9.17) is 14.2 Å². The monoisotopic (exact) mass is 500 g/mol. The van der Waals surface area contributed by atoms with Crippen LogP contribution in [0.2, 0.25) is 0 Å². The molecule has 11 nitrogen and oxygen atoms in total. The average molecular weight is 501 g/mol. The Kier molecular flexibility index (Phi) is 5.89. The molecule has 2 aromatic heterocycles. The lowest BCUT2D eigenvalue weighted by atomic mass is 10.1. The van der Waals surface area contributed by atoms with E-state index in [2.05, 4.69) is 19.9 Å². The van der Waals surface area contributed by atoms with Gasteiger partial charge < -0.3 is 19.1 Å². The zero-order valence-electron chi connectivity index (χ0n) is 20.2. The maximum atomic E-state index is 12.2. The summed E-state index contributed by atoms with van der Waals surface area (Å²) < 4.78 is 16.9. The molecule has 0 unspecified atom stereocenters. The number of nitro groups is 1. The van der Waals surface area contributed by atoms with Gasteiger partial charge in [-0.05, 0) is 36.8 Å². The highest BCUT2D eigenvalue weighted by Gasteiger charge is 2.31. The molecule has 2 aliphatic rings. The molecule has 4 aromatic rings. The second kappa shape index (κ2) is 9.51. The molecule has 0 N–H and O–H groups in total. The number of fused-ring (bicyclic) bond motifs is 2. The summed E-state index contributed by atoms with van der Waals surface area (Å²) in [5.74, 6) is 2.08. The van der Waals surface area contributed by atoms with Crippen LogP contribution in [0.3, 0.4) is 0 Å². The second-order valence-electron chi connectivity index (χ2n) is 8.94. The van der Waals surface area contributed by atoms with Crippen molar-refractivity contribution in [2.24, 2.45) is 0 Å². The summed E-state index contributed by atoms with van der Waals surface area (Å²) in [5.41, 5.74) is 2.31. The molecule has 1 saturated heterocycles. The SMILES string of the molecule is Cc1ccc2cccc(Oc3ncnc(N4CCN(Cc5ccc6c(c5)OCO6)CC4)c3[N+](=O)[O-])c2n1. The number of hydrogen-bond acceptors (Lipinski definition) is 10. The van der Waals surface area contributed by atoms with Gasteiger partial charge in [0, 0.05) is 43.8 Å². The first-order valence-electron chi connectivity index (χ1n) is 11.9. The Labute approximate surface area is 212 Å². The Morgan fingerprint density at radius 2 is 1.86 bits per heavy atom. The molecule has 0 spiro atoms. The fourth-order valence-corrected chi connectivity index (χ4v) is 4.64. The van der Waals surface area contributed by atoms with Gasteiger partial charge in [-0.15, -0.1) is 0 Å². The first-order valence-corrected chi connectivity index (χ1v) is 11.9. The van der Waals surface area contributed by atoms with Gasteiger partial charge in [0.25, 0.3) is 0 Å². The van der Waals surface area contributed by atoms with Crippen molar-refractivity contribution in [2.45, 2.75) is 13.5 Å². The minimum atomic E-state index is -0.479. The van der Waals surface area contributed by atoms with E-state index >= 15 is 0 Å². The van der Waals surface area contributed by atoms with Crippen LogP contribution in [0.4, 0.5) is 11.5 Å². The van der Waals surface area contributed by atoms with Crippen molar-refractivity contribution < 1.29 is 19.1 Å². The van der Waals surface area contributed by atoms with E-state index in [1.807, 2.05) is 54.3 Å². The second-order valence-corrected chi connectivity index (χ2v) is 8.94. The van der Waals surface area contributed by atoms with E-state index in [-0.39, 0.29) is 24.2 Å². The number of aryl methyl sites for hydroxylation is 1. The molecule has 4 heterocycles. The zero-order valence-corrected chi connectivity index (χ0v) is 20.2. The number of ether oxygens (including phenoxy) is 3. The third kappa shape index (κ3) is 4.56. The van der Waals surface area contributed by atoms with Crippen molar-refractivity contribution in [1.82, 2.24) is 19.9 Å². The van der Waals surface area contributed by atoms with Gasteiger partial charge in [-0.2, -0.15) is 4.98 Å². The highest BCUT2D eigenvalue weighted by molar-refractivity contribution is 5.85. The first-order chi connectivity index (χ1) is 18.0. The molecule has 6 rings (SSSR count). The fraction of sp³-hybridized carbons (Fsp3) is 0.269. The number of pyridine rings is 1. The molecule has 0 atom stereocenters. The summed E-state index contributed by atoms with van der Waals surface area (Å²) >= 11 is 0. The molecule has 188 valence electrons. The molecule has 2 aromatic carbocycles. The average Bonchev–Trinajstić information content (AvgIpc) is 3.37. The van der Waals surface area contributed by atoms with Crippen LogP contribution in [-0.4, -0.2) is 57.7 Å². The highest BCUT2D eigenvalue weighted by Crippen LogP contribution is 2.38. The lowest BCUT2D eigenvalue weighted by Crippen LogP contribution is -2.46. The summed E-state index contributed by atoms with van der Waals surface area (Å²) in [5, 5.41) is 13.0. The molecule has 2 aliphatic heterocycles. The molecular formula is C26H24N6O5. The van der Waals surface area contributed by atoms with Crippen molar-refractivity contribution in [3.8, 4) is 23.1 Å². The van der Waals surface area contributed by atoms with Gasteiger partial charge in [-0.3, -0.25) is 15.0 Å². The van der Waals surface area contributed by atoms with Gasteiger partial charge in [0.05, 0.1) is 4.92 Å². The Balaban J connectivity index is 1.21. The number of nitrogens with zero attached hydrogens (tertiary/aromatic N) is 6. The maximum Gasteiger partial charge on any atom is 0.373 e. The van der Waals surface area contributed by atoms with Crippen molar-refractivity contribution in [2.75, 3.05) is 37.9 Å². The van der Waals surface area contributed by atoms with Crippen LogP contribution in [-0.2, 0) is 6.54 Å². The molecular weight excluding hydrogens is 476 g/mol. The van der Waals surface area contributed by atoms with Gasteiger partial charge in [-0.25, -0.2) is 9.97 Å². The molecule has 0 aliphatic carbocycles. The van der Waals surface area contributed by atoms with Crippen LogP contribution in [0, 0.1) is 17.0 Å². The highest BCUT2D eigenvalue weighted by atomic mass is 16.7. The Morgan fingerprint density at radius 3 is 2.70 bits per heavy atom. The summed E-state index contributed by atoms with van der Waals surface area (Å²) in [6.07, 6.45) is 1.31. The van der Waals surface area contributed by atoms with Crippen LogP contribution in [0.25, 0.3) is 10.9 Å². The van der Waals surface area contributed by atoms with Gasteiger partial charge in [0.1, 0.15) is 11.8 Å². The summed E-state index contributed by atoms with van der Waals surface area (Å²) in [7, 11) is 0. The van der Waals surface area contributed by atoms with Gasteiger partial charge in [0.15, 0.2) is 17.2 Å². The smallest absolute Gasteiger partial charge is 0.373 e. The number of hydrogen-bond donors (Lipinski definition) is 0. The maximum absolute atomic E-state index is 12.2. The van der Waals surface area contributed by atoms with Crippen LogP contribution < -0.4 is 19.1 Å². The normalized spacial score (nSPS) is 15.2. The van der Waals surface area contributed by atoms with Crippen molar-refractivity contribution in [3.63, 3.8) is 0 Å². The molecule has 37 heavy (non-hydrogen) atoms. The van der Waals surface area contributed by atoms with Crippen LogP contribution in [0.15, 0.2) is 54.9 Å². The van der Waals surface area contributed by atoms with Gasteiger partial charge in [0.2, 0.25) is 12.6 Å². The summed E-state index contributed by atoms with van der Waals surface area (Å²) in [6.45, 7) is 5.48. The molecule has 0 radical (unpaired) electrons. The van der Waals surface area contributed by atoms with Crippen molar-refractivity contribution in [1.29, 1.82) is 0 Å². The Morgan fingerprint density at radius 1 is 1.03 bits per heavy atom. The number of benzene rings is 2. The minimum Gasteiger partial charge on any atom is -0.454 e. The molecule has 0 saturated carbocycles. The van der Waals surface area contributed by atoms with Gasteiger partial charge >= 0.3 is 11.6 Å². The van der Waals surface area contributed by atoms with Crippen LogP contribution in [0.5, 0.6) is 23.1 Å². The standard InChI is InChI=1S/C26H24N6O5/c1-17-5-7-19-3-2-4-21(23(19)29-17)37-26-24(32(33)34)25(27-15-28-26)31-11-9-30(10-12-31)14-18-6-8-20-22(13-18)36-16-35-20/h2-8,13,15H,9-12,14,16H2,1H3. The third-order valence-corrected chi connectivity index (χ3v) is 6.50. The Bertz CT molecular complexity index is 1490. The third-order valence-electron chi connectivity index (χ3n) is 6.50. The van der Waals surface area contributed by atoms with Crippen molar-refractivity contribution in [3.05, 3.63) is 76.2 Å². The largest absolute Gasteiger partial charge is 0.454 e. The summed E-state index contributed by atoms with van der Waals surface area (Å²) in [6, 6.07) is 15.3. The van der Waals surface area contributed by atoms with E-state index in [9.17, 15) is 10.1 Å². The zero-order chi connectivity index (χ0) is 25.4. The number of para-hydroxylation sites is 1. The number of aromatic nitrogens is 3. The van der Waals surface area contributed by atoms with E-state index in [0.717, 1.165) is 47.8 Å². The molecule has 0 bridgehead atoms. The Hall–Kier alpha value is -4.51. The quantitative estimate of drug-likeness (QED) is 0.283. The first kappa shape index (κ1) is 22.9. The minimum absolute atomic E-state index is 0.103. The number of piperazine rings is 1. The van der Waals surface area contributed by atoms with Crippen LogP contribution >= 0.6 is 0 Å². The van der Waals surface area contributed by atoms with E-state index < -0.39 is 4.92 Å². The molecule has 11 heteroatoms. The predicted octanol–water partition coefficient (Wildman–Crippen LogP) is 4.08. The van der Waals surface area contributed by atoms with Crippen LogP contribution in [0.1, 0.15) is 11.3 Å². The molecule has 0 amide bonds. The fourth-order valence-electron chi connectivity index (χ4n) is 4.64. The summed E-state index contributed by atoms with van der Waals surface area (Å²) in [4.78, 5) is 28.8.